The van der Waals surface area contributed by atoms with Gasteiger partial charge in [-0.25, -0.2) is 0 Å². The Morgan fingerprint density at radius 3 is 0.754 bits per heavy atom. The van der Waals surface area contributed by atoms with Gasteiger partial charge >= 0.3 is 0 Å². The number of hydrogen-bond donors (Lipinski definition) is 0. The van der Waals surface area contributed by atoms with Gasteiger partial charge in [0.05, 0.1) is 0 Å². The van der Waals surface area contributed by atoms with Crippen LogP contribution < -0.4 is 0 Å². The van der Waals surface area contributed by atoms with E-state index in [0.29, 0.717) is 28.7 Å². The molecule has 10 rings (SSSR count). The standard InChI is InChI=1S/C67H48O2/c1-46(50-23-27-56(28-24-50)52-15-7-3-8-16-52)62-40-48(42-64(44-62)66(68)60-35-31-58(32-36-60)54-19-11-5-12-20-54)39-49-41-63(47(2)51-25-29-57(30-26-51)53-17-9-4-10-18-53)45-65(43-49)67(69)61-37-33-59(34-38-61)55-21-13-6-14-22-55/h3-38,40-45H,1-2,39H2. The molecule has 2 heteroatoms. The number of carbonyl (C=O) groups excluding carboxylic acids is 2. The zero-order valence-corrected chi connectivity index (χ0v) is 38.2. The summed E-state index contributed by atoms with van der Waals surface area (Å²) in [6, 6.07) is 85.5. The number of benzene rings is 10. The largest absolute Gasteiger partial charge is 0.289 e. The minimum Gasteiger partial charge on any atom is -0.289 e. The van der Waals surface area contributed by atoms with Gasteiger partial charge in [0.15, 0.2) is 11.6 Å². The van der Waals surface area contributed by atoms with E-state index in [1.54, 1.807) is 0 Å². The van der Waals surface area contributed by atoms with Crippen LogP contribution in [-0.4, -0.2) is 11.6 Å². The van der Waals surface area contributed by atoms with Crippen molar-refractivity contribution in [2.24, 2.45) is 0 Å². The van der Waals surface area contributed by atoms with Gasteiger partial charge < -0.3 is 0 Å². The molecule has 0 unspecified atom stereocenters. The van der Waals surface area contributed by atoms with Crippen LogP contribution in [0.15, 0.2) is 268 Å². The van der Waals surface area contributed by atoms with E-state index in [1.165, 1.54) is 0 Å². The third kappa shape index (κ3) is 9.93. The van der Waals surface area contributed by atoms with E-state index in [9.17, 15) is 9.59 Å². The van der Waals surface area contributed by atoms with E-state index >= 15 is 0 Å². The molecular weight excluding hydrogens is 837 g/mol. The highest BCUT2D eigenvalue weighted by Gasteiger charge is 2.18. The van der Waals surface area contributed by atoms with Crippen LogP contribution >= 0.6 is 0 Å². The first-order chi connectivity index (χ1) is 33.8. The molecule has 0 atom stereocenters. The number of carbonyl (C=O) groups is 2. The average molecular weight is 885 g/mol. The molecule has 0 aromatic heterocycles. The van der Waals surface area contributed by atoms with E-state index < -0.39 is 0 Å². The Bertz CT molecular complexity index is 2980. The second-order valence-corrected chi connectivity index (χ2v) is 17.4. The lowest BCUT2D eigenvalue weighted by molar-refractivity contribution is 0.103. The minimum absolute atomic E-state index is 0.0826. The van der Waals surface area contributed by atoms with E-state index in [-0.39, 0.29) is 11.6 Å². The number of ketones is 2. The fraction of sp³-hybridized carbons (Fsp3) is 0.0149. The summed E-state index contributed by atoms with van der Waals surface area (Å²) in [6.45, 7) is 9.18. The van der Waals surface area contributed by atoms with Crippen LogP contribution in [0.4, 0.5) is 0 Å². The molecule has 0 radical (unpaired) electrons. The molecule has 328 valence electrons. The normalized spacial score (nSPS) is 10.9. The summed E-state index contributed by atoms with van der Waals surface area (Å²) in [6.07, 6.45) is 0.447. The molecule has 10 aromatic rings. The summed E-state index contributed by atoms with van der Waals surface area (Å²) >= 11 is 0. The molecule has 69 heavy (non-hydrogen) atoms. The molecule has 0 fully saturated rings. The third-order valence-electron chi connectivity index (χ3n) is 12.8. The zero-order valence-electron chi connectivity index (χ0n) is 38.2. The molecule has 10 aromatic carbocycles. The average Bonchev–Trinajstić information content (AvgIpc) is 3.43. The first-order valence-corrected chi connectivity index (χ1v) is 23.2. The molecule has 2 nitrogen and oxygen atoms in total. The second kappa shape index (κ2) is 19.9. The lowest BCUT2D eigenvalue weighted by atomic mass is 9.88. The summed E-state index contributed by atoms with van der Waals surface area (Å²) in [4.78, 5) is 29.1. The molecule has 0 aliphatic carbocycles. The van der Waals surface area contributed by atoms with Crippen molar-refractivity contribution in [2.75, 3.05) is 0 Å². The Morgan fingerprint density at radius 2 is 0.478 bits per heavy atom. The van der Waals surface area contributed by atoms with Gasteiger partial charge in [0, 0.05) is 22.3 Å². The van der Waals surface area contributed by atoms with E-state index in [1.807, 2.05) is 146 Å². The number of hydrogen-bond acceptors (Lipinski definition) is 2. The van der Waals surface area contributed by atoms with E-state index in [4.69, 9.17) is 0 Å². The van der Waals surface area contributed by atoms with Crippen molar-refractivity contribution in [3.8, 4) is 44.5 Å². The maximum Gasteiger partial charge on any atom is 0.193 e. The van der Waals surface area contributed by atoms with Crippen LogP contribution in [0.1, 0.15) is 65.2 Å². The monoisotopic (exact) mass is 884 g/mol. The zero-order chi connectivity index (χ0) is 47.1. The van der Waals surface area contributed by atoms with Gasteiger partial charge in [-0.1, -0.05) is 244 Å². The van der Waals surface area contributed by atoms with Crippen molar-refractivity contribution < 1.29 is 9.59 Å². The first kappa shape index (κ1) is 43.9. The highest BCUT2D eigenvalue weighted by atomic mass is 16.1. The Labute approximate surface area is 404 Å². The molecule has 0 amide bonds. The lowest BCUT2D eigenvalue weighted by Gasteiger charge is -2.15. The van der Waals surface area contributed by atoms with E-state index in [2.05, 4.69) is 122 Å². The molecule has 0 aliphatic heterocycles. The van der Waals surface area contributed by atoms with Crippen LogP contribution in [0.3, 0.4) is 0 Å². The van der Waals surface area contributed by atoms with Gasteiger partial charge in [0.2, 0.25) is 0 Å². The third-order valence-corrected chi connectivity index (χ3v) is 12.8. The van der Waals surface area contributed by atoms with Gasteiger partial charge in [-0.3, -0.25) is 9.59 Å². The Kier molecular flexibility index (Phi) is 12.6. The molecule has 0 bridgehead atoms. The van der Waals surface area contributed by atoms with Crippen molar-refractivity contribution in [3.05, 3.63) is 324 Å². The van der Waals surface area contributed by atoms with Gasteiger partial charge in [-0.2, -0.15) is 0 Å². The van der Waals surface area contributed by atoms with Crippen molar-refractivity contribution in [2.45, 2.75) is 6.42 Å². The molecule has 0 saturated carbocycles. The molecule has 0 heterocycles. The molecule has 0 saturated heterocycles. The minimum atomic E-state index is -0.0826. The fourth-order valence-corrected chi connectivity index (χ4v) is 8.98. The van der Waals surface area contributed by atoms with Crippen molar-refractivity contribution >= 4 is 22.7 Å². The summed E-state index contributed by atoms with van der Waals surface area (Å²) in [5, 5.41) is 0. The topological polar surface area (TPSA) is 34.1 Å². The predicted octanol–water partition coefficient (Wildman–Crippen LogP) is 16.5. The fourth-order valence-electron chi connectivity index (χ4n) is 8.98. The Morgan fingerprint density at radius 1 is 0.246 bits per heavy atom. The van der Waals surface area contributed by atoms with Gasteiger partial charge in [-0.15, -0.1) is 0 Å². The Hall–Kier alpha value is -8.98. The predicted molar refractivity (Wildman–Crippen MR) is 286 cm³/mol. The summed E-state index contributed by atoms with van der Waals surface area (Å²) in [5.41, 5.74) is 18.1. The highest BCUT2D eigenvalue weighted by Crippen LogP contribution is 2.32. The second-order valence-electron chi connectivity index (χ2n) is 17.4. The van der Waals surface area contributed by atoms with E-state index in [0.717, 1.165) is 89.0 Å². The van der Waals surface area contributed by atoms with Gasteiger partial charge in [0.1, 0.15) is 0 Å². The SMILES string of the molecule is C=C(c1ccc(-c2ccccc2)cc1)c1cc(Cc2cc(C(=C)c3ccc(-c4ccccc4)cc3)cc(C(=O)c3ccc(-c4ccccc4)cc3)c2)cc(C(=O)c2ccc(-c3ccccc3)cc2)c1. The maximum absolute atomic E-state index is 14.6. The quantitative estimate of drug-likeness (QED) is 0.102. The summed E-state index contributed by atoms with van der Waals surface area (Å²) < 4.78 is 0. The van der Waals surface area contributed by atoms with Crippen molar-refractivity contribution in [1.29, 1.82) is 0 Å². The first-order valence-electron chi connectivity index (χ1n) is 23.2. The number of rotatable bonds is 14. The summed E-state index contributed by atoms with van der Waals surface area (Å²) in [5.74, 6) is -0.165. The molecule has 0 aliphatic rings. The molecular formula is C67H48O2. The molecule has 0 spiro atoms. The van der Waals surface area contributed by atoms with Crippen molar-refractivity contribution in [3.63, 3.8) is 0 Å². The van der Waals surface area contributed by atoms with Crippen LogP contribution in [0, 0.1) is 0 Å². The lowest BCUT2D eigenvalue weighted by Crippen LogP contribution is -2.06. The highest BCUT2D eigenvalue weighted by molar-refractivity contribution is 6.11. The van der Waals surface area contributed by atoms with Crippen LogP contribution in [0.25, 0.3) is 55.7 Å². The van der Waals surface area contributed by atoms with Crippen molar-refractivity contribution in [1.82, 2.24) is 0 Å². The smallest absolute Gasteiger partial charge is 0.193 e. The molecule has 0 N–H and O–H groups in total. The maximum atomic E-state index is 14.6. The van der Waals surface area contributed by atoms with Gasteiger partial charge in [0.25, 0.3) is 0 Å². The summed E-state index contributed by atoms with van der Waals surface area (Å²) in [7, 11) is 0. The van der Waals surface area contributed by atoms with Gasteiger partial charge in [-0.05, 0) is 120 Å². The van der Waals surface area contributed by atoms with Crippen LogP contribution in [0.2, 0.25) is 0 Å². The Balaban J connectivity index is 1.03. The van der Waals surface area contributed by atoms with Crippen LogP contribution in [-0.2, 0) is 6.42 Å². The van der Waals surface area contributed by atoms with Crippen LogP contribution in [0.5, 0.6) is 0 Å².